The van der Waals surface area contributed by atoms with E-state index < -0.39 is 18.4 Å². The molecule has 5 aromatic rings. The monoisotopic (exact) mass is 408 g/mol. The summed E-state index contributed by atoms with van der Waals surface area (Å²) in [5.41, 5.74) is 2.97. The van der Waals surface area contributed by atoms with Crippen LogP contribution in [-0.4, -0.2) is 28.3 Å². The van der Waals surface area contributed by atoms with Crippen LogP contribution < -0.4 is 0 Å². The van der Waals surface area contributed by atoms with Crippen molar-refractivity contribution < 1.29 is 18.7 Å². The van der Waals surface area contributed by atoms with E-state index in [2.05, 4.69) is 9.97 Å². The Balaban J connectivity index is 1.43. The zero-order chi connectivity index (χ0) is 21.2. The minimum absolute atomic E-state index is 0.157. The van der Waals surface area contributed by atoms with Crippen LogP contribution in [0.25, 0.3) is 33.1 Å². The molecule has 31 heavy (non-hydrogen) atoms. The highest BCUT2D eigenvalue weighted by Gasteiger charge is 2.19. The predicted octanol–water partition coefficient (Wildman–Crippen LogP) is 5.08. The number of carbonyl (C=O) groups excluding carboxylic acids is 2. The average Bonchev–Trinajstić information content (AvgIpc) is 3.26. The van der Waals surface area contributed by atoms with Crippen molar-refractivity contribution in [2.24, 2.45) is 0 Å². The van der Waals surface area contributed by atoms with E-state index in [0.29, 0.717) is 27.7 Å². The molecule has 0 N–H and O–H groups in total. The third-order valence-electron chi connectivity index (χ3n) is 4.93. The van der Waals surface area contributed by atoms with E-state index in [0.717, 1.165) is 10.9 Å². The van der Waals surface area contributed by atoms with E-state index in [4.69, 9.17) is 9.15 Å². The summed E-state index contributed by atoms with van der Waals surface area (Å²) in [6.45, 7) is -0.419. The molecule has 6 nitrogen and oxygen atoms in total. The summed E-state index contributed by atoms with van der Waals surface area (Å²) in [4.78, 5) is 34.2. The number of furan rings is 1. The van der Waals surface area contributed by atoms with E-state index in [9.17, 15) is 9.59 Å². The molecule has 2 aromatic carbocycles. The number of carbonyl (C=O) groups is 2. The second-order valence-electron chi connectivity index (χ2n) is 6.96. The third kappa shape index (κ3) is 3.67. The zero-order valence-corrected chi connectivity index (χ0v) is 16.3. The van der Waals surface area contributed by atoms with Gasteiger partial charge in [0.1, 0.15) is 5.58 Å². The second kappa shape index (κ2) is 7.84. The van der Waals surface area contributed by atoms with E-state index in [1.807, 2.05) is 42.5 Å². The number of hydrogen-bond acceptors (Lipinski definition) is 6. The van der Waals surface area contributed by atoms with Gasteiger partial charge in [-0.2, -0.15) is 0 Å². The maximum Gasteiger partial charge on any atom is 0.339 e. The number of Topliss-reactive ketones (excluding diaryl/α,β-unsaturated/α-hetero) is 1. The van der Waals surface area contributed by atoms with Crippen LogP contribution >= 0.6 is 0 Å². The van der Waals surface area contributed by atoms with Crippen molar-refractivity contribution in [1.82, 2.24) is 9.97 Å². The van der Waals surface area contributed by atoms with Crippen molar-refractivity contribution in [2.45, 2.75) is 0 Å². The number of pyridine rings is 2. The Morgan fingerprint density at radius 2 is 1.77 bits per heavy atom. The molecule has 0 aliphatic rings. The molecule has 0 spiro atoms. The Labute approximate surface area is 177 Å². The van der Waals surface area contributed by atoms with Gasteiger partial charge in [-0.15, -0.1) is 0 Å². The molecule has 3 aromatic heterocycles. The predicted molar refractivity (Wildman–Crippen MR) is 116 cm³/mol. The number of para-hydroxylation sites is 2. The maximum absolute atomic E-state index is 12.9. The van der Waals surface area contributed by atoms with E-state index in [-0.39, 0.29) is 5.76 Å². The molecule has 3 heterocycles. The van der Waals surface area contributed by atoms with E-state index in [1.54, 1.807) is 42.7 Å². The van der Waals surface area contributed by atoms with E-state index in [1.165, 1.54) is 0 Å². The standard InChI is InChI=1S/C25H16N2O4/c28-22(24-12-16-6-1-4-10-23(16)31-24)15-30-25(29)19-13-21(17-7-5-11-26-14-17)27-20-9-3-2-8-18(19)20/h1-14H,15H2. The first kappa shape index (κ1) is 18.7. The van der Waals surface area contributed by atoms with Gasteiger partial charge in [0.2, 0.25) is 5.78 Å². The van der Waals surface area contributed by atoms with Crippen LogP contribution in [-0.2, 0) is 4.74 Å². The summed E-state index contributed by atoms with van der Waals surface area (Å²) < 4.78 is 10.9. The van der Waals surface area contributed by atoms with Gasteiger partial charge in [-0.3, -0.25) is 9.78 Å². The molecule has 0 amide bonds. The maximum atomic E-state index is 12.9. The fraction of sp³-hybridized carbons (Fsp3) is 0.0400. The number of ketones is 1. The van der Waals surface area contributed by atoms with Crippen LogP contribution in [0.15, 0.2) is 89.6 Å². The number of nitrogens with zero attached hydrogens (tertiary/aromatic N) is 2. The molecule has 0 bridgehead atoms. The van der Waals surface area contributed by atoms with Crippen molar-refractivity contribution >= 4 is 33.6 Å². The third-order valence-corrected chi connectivity index (χ3v) is 4.93. The number of hydrogen-bond donors (Lipinski definition) is 0. The number of benzene rings is 2. The van der Waals surface area contributed by atoms with Crippen LogP contribution in [0.5, 0.6) is 0 Å². The molecule has 0 saturated heterocycles. The van der Waals surface area contributed by atoms with Gasteiger partial charge in [0.25, 0.3) is 0 Å². The second-order valence-corrected chi connectivity index (χ2v) is 6.96. The Morgan fingerprint density at radius 1 is 0.935 bits per heavy atom. The molecule has 0 aliphatic heterocycles. The van der Waals surface area contributed by atoms with Crippen molar-refractivity contribution in [3.63, 3.8) is 0 Å². The molecule has 0 aliphatic carbocycles. The highest BCUT2D eigenvalue weighted by Crippen LogP contribution is 2.25. The number of ether oxygens (including phenoxy) is 1. The lowest BCUT2D eigenvalue weighted by Gasteiger charge is -2.09. The van der Waals surface area contributed by atoms with Gasteiger partial charge in [-0.1, -0.05) is 36.4 Å². The summed E-state index contributed by atoms with van der Waals surface area (Å²) in [7, 11) is 0. The van der Waals surface area contributed by atoms with Crippen molar-refractivity contribution in [3.8, 4) is 11.3 Å². The van der Waals surface area contributed by atoms with Crippen LogP contribution in [0.2, 0.25) is 0 Å². The van der Waals surface area contributed by atoms with E-state index >= 15 is 0 Å². The molecule has 150 valence electrons. The van der Waals surface area contributed by atoms with Crippen molar-refractivity contribution in [1.29, 1.82) is 0 Å². The van der Waals surface area contributed by atoms with Crippen molar-refractivity contribution in [2.75, 3.05) is 6.61 Å². The topological polar surface area (TPSA) is 82.3 Å². The van der Waals surface area contributed by atoms with Crippen LogP contribution in [0.4, 0.5) is 0 Å². The van der Waals surface area contributed by atoms with Crippen molar-refractivity contribution in [3.05, 3.63) is 96.5 Å². The molecule has 6 heteroatoms. The molecule has 0 atom stereocenters. The first-order chi connectivity index (χ1) is 15.2. The van der Waals surface area contributed by atoms with Gasteiger partial charge in [0.15, 0.2) is 12.4 Å². The number of esters is 1. The van der Waals surface area contributed by atoms with Gasteiger partial charge >= 0.3 is 5.97 Å². The normalized spacial score (nSPS) is 11.0. The van der Waals surface area contributed by atoms with Gasteiger partial charge < -0.3 is 9.15 Å². The molecule has 0 radical (unpaired) electrons. The number of aromatic nitrogens is 2. The Bertz CT molecular complexity index is 1390. The first-order valence-electron chi connectivity index (χ1n) is 9.68. The lowest BCUT2D eigenvalue weighted by molar-refractivity contribution is 0.0470. The number of fused-ring (bicyclic) bond motifs is 2. The summed E-state index contributed by atoms with van der Waals surface area (Å²) in [5, 5.41) is 1.47. The van der Waals surface area contributed by atoms with Crippen LogP contribution in [0.1, 0.15) is 20.9 Å². The van der Waals surface area contributed by atoms with Crippen LogP contribution in [0, 0.1) is 0 Å². The summed E-state index contributed by atoms with van der Waals surface area (Å²) in [5.74, 6) is -0.853. The zero-order valence-electron chi connectivity index (χ0n) is 16.3. The minimum Gasteiger partial charge on any atom is -0.454 e. The Kier molecular flexibility index (Phi) is 4.72. The fourth-order valence-corrected chi connectivity index (χ4v) is 3.41. The molecule has 0 saturated carbocycles. The lowest BCUT2D eigenvalue weighted by atomic mass is 10.1. The molecule has 0 unspecified atom stereocenters. The van der Waals surface area contributed by atoms with Gasteiger partial charge in [0, 0.05) is 28.7 Å². The SMILES string of the molecule is O=C(COC(=O)c1cc(-c2cccnc2)nc2ccccc12)c1cc2ccccc2o1. The molecular weight excluding hydrogens is 392 g/mol. The van der Waals surface area contributed by atoms with Gasteiger partial charge in [0.05, 0.1) is 16.8 Å². The van der Waals surface area contributed by atoms with Gasteiger partial charge in [-0.25, -0.2) is 9.78 Å². The Hall–Kier alpha value is -4.32. The largest absolute Gasteiger partial charge is 0.454 e. The fourth-order valence-electron chi connectivity index (χ4n) is 3.41. The summed E-state index contributed by atoms with van der Waals surface area (Å²) >= 11 is 0. The summed E-state index contributed by atoms with van der Waals surface area (Å²) in [6.07, 6.45) is 3.35. The quantitative estimate of drug-likeness (QED) is 0.298. The Morgan fingerprint density at radius 3 is 2.61 bits per heavy atom. The lowest BCUT2D eigenvalue weighted by Crippen LogP contribution is -2.14. The highest BCUT2D eigenvalue weighted by molar-refractivity contribution is 6.06. The van der Waals surface area contributed by atoms with Gasteiger partial charge in [-0.05, 0) is 36.4 Å². The molecule has 0 fully saturated rings. The highest BCUT2D eigenvalue weighted by atomic mass is 16.5. The molecular formula is C25H16N2O4. The first-order valence-corrected chi connectivity index (χ1v) is 9.68. The average molecular weight is 408 g/mol. The minimum atomic E-state index is -0.604. The molecule has 5 rings (SSSR count). The summed E-state index contributed by atoms with van der Waals surface area (Å²) in [6, 6.07) is 21.6. The smallest absolute Gasteiger partial charge is 0.339 e. The number of rotatable bonds is 5. The van der Waals surface area contributed by atoms with Crippen LogP contribution in [0.3, 0.4) is 0 Å².